The Balaban J connectivity index is 2.01. The number of aliphatic hydroxyl groups excluding tert-OH is 1. The number of carbonyl (C=O) groups is 2. The molecule has 0 radical (unpaired) electrons. The van der Waals surface area contributed by atoms with Crippen molar-refractivity contribution in [3.05, 3.63) is 10.6 Å². The fourth-order valence-corrected chi connectivity index (χ4v) is 3.33. The summed E-state index contributed by atoms with van der Waals surface area (Å²) in [6, 6.07) is -0.0400. The molecule has 1 saturated heterocycles. The van der Waals surface area contributed by atoms with Crippen molar-refractivity contribution in [1.82, 2.24) is 9.88 Å². The van der Waals surface area contributed by atoms with E-state index in [0.29, 0.717) is 18.1 Å². The molecule has 0 aromatic carbocycles. The molecule has 2 N–H and O–H groups in total. The lowest BCUT2D eigenvalue weighted by molar-refractivity contribution is -0.146. The first-order valence-electron chi connectivity index (χ1n) is 7.19. The molecule has 7 heteroatoms. The van der Waals surface area contributed by atoms with Crippen LogP contribution in [-0.4, -0.2) is 46.0 Å². The molecule has 0 spiro atoms. The molecule has 1 atom stereocenters. The van der Waals surface area contributed by atoms with Crippen molar-refractivity contribution in [2.24, 2.45) is 0 Å². The molecule has 6 nitrogen and oxygen atoms in total. The number of nitrogens with zero attached hydrogens (tertiary/aromatic N) is 2. The number of aliphatic hydroxyl groups is 1. The summed E-state index contributed by atoms with van der Waals surface area (Å²) in [5, 5.41) is 12.1. The second kappa shape index (κ2) is 7.00. The van der Waals surface area contributed by atoms with Crippen molar-refractivity contribution >= 4 is 28.3 Å². The maximum atomic E-state index is 12.3. The van der Waals surface area contributed by atoms with Crippen LogP contribution in [0.4, 0.5) is 5.13 Å². The van der Waals surface area contributed by atoms with E-state index in [4.69, 9.17) is 5.11 Å². The zero-order valence-electron chi connectivity index (χ0n) is 12.4. The minimum atomic E-state index is -0.645. The topological polar surface area (TPSA) is 82.5 Å². The highest BCUT2D eigenvalue weighted by Crippen LogP contribution is 2.22. The van der Waals surface area contributed by atoms with Crippen molar-refractivity contribution < 1.29 is 14.7 Å². The summed E-state index contributed by atoms with van der Waals surface area (Å²) in [5.41, 5.74) is 0.860. The summed E-state index contributed by atoms with van der Waals surface area (Å²) < 4.78 is 0. The zero-order chi connectivity index (χ0) is 15.4. The largest absolute Gasteiger partial charge is 0.396 e. The van der Waals surface area contributed by atoms with E-state index in [-0.39, 0.29) is 12.6 Å². The van der Waals surface area contributed by atoms with Crippen LogP contribution in [0.15, 0.2) is 0 Å². The predicted molar refractivity (Wildman–Crippen MR) is 81.3 cm³/mol. The Kier molecular flexibility index (Phi) is 5.30. The first-order valence-corrected chi connectivity index (χ1v) is 8.01. The molecule has 1 unspecified atom stereocenters. The zero-order valence-corrected chi connectivity index (χ0v) is 13.2. The summed E-state index contributed by atoms with van der Waals surface area (Å²) in [5.74, 6) is -1.17. The van der Waals surface area contributed by atoms with Gasteiger partial charge in [0.25, 0.3) is 0 Å². The molecular formula is C14H21N3O3S. The van der Waals surface area contributed by atoms with Gasteiger partial charge in [-0.3, -0.25) is 14.9 Å². The maximum Gasteiger partial charge on any atom is 0.315 e. The van der Waals surface area contributed by atoms with Crippen molar-refractivity contribution in [3.8, 4) is 0 Å². The van der Waals surface area contributed by atoms with E-state index in [1.807, 2.05) is 13.8 Å². The molecular weight excluding hydrogens is 290 g/mol. The second-order valence-electron chi connectivity index (χ2n) is 5.28. The summed E-state index contributed by atoms with van der Waals surface area (Å²) >= 11 is 1.36. The molecule has 1 fully saturated rings. The Hall–Kier alpha value is -1.47. The Morgan fingerprint density at radius 3 is 2.81 bits per heavy atom. The second-order valence-corrected chi connectivity index (χ2v) is 6.48. The van der Waals surface area contributed by atoms with Gasteiger partial charge in [-0.2, -0.15) is 0 Å². The fraction of sp³-hybridized carbons (Fsp3) is 0.643. The van der Waals surface area contributed by atoms with Crippen LogP contribution in [0.3, 0.4) is 0 Å². The van der Waals surface area contributed by atoms with Gasteiger partial charge in [-0.15, -0.1) is 11.3 Å². The maximum absolute atomic E-state index is 12.3. The van der Waals surface area contributed by atoms with Gasteiger partial charge in [0.2, 0.25) is 0 Å². The Bertz CT molecular complexity index is 508. The van der Waals surface area contributed by atoms with Gasteiger partial charge < -0.3 is 10.0 Å². The van der Waals surface area contributed by atoms with Gasteiger partial charge >= 0.3 is 11.8 Å². The molecule has 1 aromatic heterocycles. The molecule has 2 heterocycles. The number of aromatic nitrogens is 1. The highest BCUT2D eigenvalue weighted by atomic mass is 32.1. The number of likely N-dealkylation sites (tertiary alicyclic amines) is 1. The quantitative estimate of drug-likeness (QED) is 0.828. The highest BCUT2D eigenvalue weighted by Gasteiger charge is 2.30. The summed E-state index contributed by atoms with van der Waals surface area (Å²) in [6.07, 6.45) is 3.29. The number of amides is 2. The molecule has 2 rings (SSSR count). The van der Waals surface area contributed by atoms with Crippen LogP contribution in [0, 0.1) is 13.8 Å². The van der Waals surface area contributed by atoms with Gasteiger partial charge in [-0.25, -0.2) is 4.98 Å². The fourth-order valence-electron chi connectivity index (χ4n) is 2.52. The molecule has 0 aliphatic carbocycles. The minimum Gasteiger partial charge on any atom is -0.396 e. The Morgan fingerprint density at radius 2 is 2.19 bits per heavy atom. The number of hydrogen-bond donors (Lipinski definition) is 2. The van der Waals surface area contributed by atoms with Gasteiger partial charge in [0.1, 0.15) is 0 Å². The summed E-state index contributed by atoms with van der Waals surface area (Å²) in [6.45, 7) is 4.39. The van der Waals surface area contributed by atoms with E-state index in [1.54, 1.807) is 4.90 Å². The smallest absolute Gasteiger partial charge is 0.315 e. The van der Waals surface area contributed by atoms with Gasteiger partial charge in [0, 0.05) is 24.1 Å². The lowest BCUT2D eigenvalue weighted by Crippen LogP contribution is -2.48. The molecule has 2 amide bonds. The van der Waals surface area contributed by atoms with Crippen LogP contribution in [0.1, 0.15) is 36.3 Å². The van der Waals surface area contributed by atoms with Crippen LogP contribution in [0.2, 0.25) is 0 Å². The molecule has 1 aliphatic heterocycles. The highest BCUT2D eigenvalue weighted by molar-refractivity contribution is 7.15. The number of rotatable bonds is 3. The van der Waals surface area contributed by atoms with Crippen LogP contribution in [-0.2, 0) is 9.59 Å². The standard InChI is InChI=1S/C14H21N3O3S/c1-9-10(2)21-14(15-9)16-12(19)13(20)17-7-4-3-5-11(17)6-8-18/h11,18H,3-8H2,1-2H3,(H,15,16,19). The van der Waals surface area contributed by atoms with E-state index in [1.165, 1.54) is 11.3 Å². The van der Waals surface area contributed by atoms with Crippen LogP contribution >= 0.6 is 11.3 Å². The predicted octanol–water partition coefficient (Wildman–Crippen LogP) is 1.46. The third-order valence-corrected chi connectivity index (χ3v) is 4.78. The monoisotopic (exact) mass is 311 g/mol. The van der Waals surface area contributed by atoms with Crippen molar-refractivity contribution in [1.29, 1.82) is 0 Å². The van der Waals surface area contributed by atoms with Gasteiger partial charge in [-0.05, 0) is 39.5 Å². The minimum absolute atomic E-state index is 0.0287. The van der Waals surface area contributed by atoms with E-state index in [9.17, 15) is 9.59 Å². The molecule has 0 bridgehead atoms. The number of hydrogen-bond acceptors (Lipinski definition) is 5. The molecule has 1 aromatic rings. The number of aryl methyl sites for hydroxylation is 2. The van der Waals surface area contributed by atoms with E-state index < -0.39 is 11.8 Å². The number of carbonyl (C=O) groups excluding carboxylic acids is 2. The van der Waals surface area contributed by atoms with Gasteiger partial charge in [0.15, 0.2) is 5.13 Å². The molecule has 0 saturated carbocycles. The Labute approximate surface area is 128 Å². The number of anilines is 1. The number of piperidine rings is 1. The van der Waals surface area contributed by atoms with E-state index >= 15 is 0 Å². The van der Waals surface area contributed by atoms with Crippen LogP contribution < -0.4 is 5.32 Å². The van der Waals surface area contributed by atoms with E-state index in [0.717, 1.165) is 29.8 Å². The molecule has 21 heavy (non-hydrogen) atoms. The summed E-state index contributed by atoms with van der Waals surface area (Å²) in [7, 11) is 0. The van der Waals surface area contributed by atoms with Crippen LogP contribution in [0.5, 0.6) is 0 Å². The first kappa shape index (κ1) is 15.9. The number of nitrogens with one attached hydrogen (secondary N) is 1. The van der Waals surface area contributed by atoms with E-state index in [2.05, 4.69) is 10.3 Å². The molecule has 1 aliphatic rings. The lowest BCUT2D eigenvalue weighted by atomic mass is 9.99. The number of thiazole rings is 1. The lowest BCUT2D eigenvalue weighted by Gasteiger charge is -2.34. The van der Waals surface area contributed by atoms with Gasteiger partial charge in [-0.1, -0.05) is 0 Å². The Morgan fingerprint density at radius 1 is 1.43 bits per heavy atom. The van der Waals surface area contributed by atoms with Gasteiger partial charge in [0.05, 0.1) is 5.69 Å². The van der Waals surface area contributed by atoms with Crippen molar-refractivity contribution in [2.45, 2.75) is 45.6 Å². The van der Waals surface area contributed by atoms with Crippen molar-refractivity contribution in [2.75, 3.05) is 18.5 Å². The average Bonchev–Trinajstić information content (AvgIpc) is 2.77. The summed E-state index contributed by atoms with van der Waals surface area (Å²) in [4.78, 5) is 31.2. The van der Waals surface area contributed by atoms with Crippen LogP contribution in [0.25, 0.3) is 0 Å². The van der Waals surface area contributed by atoms with Crippen molar-refractivity contribution in [3.63, 3.8) is 0 Å². The third-order valence-electron chi connectivity index (χ3n) is 3.79. The first-order chi connectivity index (χ1) is 10.0. The average molecular weight is 311 g/mol. The SMILES string of the molecule is Cc1nc(NC(=O)C(=O)N2CCCCC2CCO)sc1C. The third kappa shape index (κ3) is 3.79. The normalized spacial score (nSPS) is 18.6. The molecule has 116 valence electrons.